The zero-order valence-corrected chi connectivity index (χ0v) is 23.6. The van der Waals surface area contributed by atoms with Gasteiger partial charge in [-0.3, -0.25) is 4.79 Å². The standard InChI is InChI=1S/C33H33N5O3/c1-4-41-30-17-11-9-15-27(30)36-18-20-37(21-19-36)33(39)26-22-28(25-14-8-10-16-29(25)40-3)38-32(34-26)31(23(2)35-38)24-12-6-5-7-13-24/h5-17,22H,4,18-21H2,1-3H3. The molecule has 2 aromatic heterocycles. The summed E-state index contributed by atoms with van der Waals surface area (Å²) in [6.07, 6.45) is 0. The highest BCUT2D eigenvalue weighted by atomic mass is 16.5. The number of fused-ring (bicyclic) bond motifs is 1. The Bertz CT molecular complexity index is 1690. The second kappa shape index (κ2) is 11.3. The number of carbonyl (C=O) groups excluding carboxylic acids is 1. The van der Waals surface area contributed by atoms with Gasteiger partial charge in [0.25, 0.3) is 5.91 Å². The van der Waals surface area contributed by atoms with Crippen molar-refractivity contribution < 1.29 is 14.3 Å². The van der Waals surface area contributed by atoms with Crippen LogP contribution in [0.4, 0.5) is 5.69 Å². The van der Waals surface area contributed by atoms with Gasteiger partial charge in [0.05, 0.1) is 30.8 Å². The van der Waals surface area contributed by atoms with Crippen LogP contribution in [0.25, 0.3) is 28.0 Å². The Kier molecular flexibility index (Phi) is 7.29. The number of amides is 1. The molecule has 6 rings (SSSR count). The molecular weight excluding hydrogens is 514 g/mol. The first kappa shape index (κ1) is 26.4. The number of ether oxygens (including phenoxy) is 2. The van der Waals surface area contributed by atoms with Gasteiger partial charge in [-0.15, -0.1) is 0 Å². The number of anilines is 1. The molecule has 1 amide bonds. The summed E-state index contributed by atoms with van der Waals surface area (Å²) in [7, 11) is 1.65. The molecule has 0 radical (unpaired) electrons. The average molecular weight is 548 g/mol. The Hall–Kier alpha value is -4.85. The van der Waals surface area contributed by atoms with Crippen LogP contribution in [-0.4, -0.2) is 65.3 Å². The van der Waals surface area contributed by atoms with Crippen molar-refractivity contribution in [3.05, 3.63) is 96.3 Å². The van der Waals surface area contributed by atoms with Crippen LogP contribution >= 0.6 is 0 Å². The van der Waals surface area contributed by atoms with Gasteiger partial charge in [0.1, 0.15) is 17.2 Å². The van der Waals surface area contributed by atoms with Crippen molar-refractivity contribution in [2.24, 2.45) is 0 Å². The van der Waals surface area contributed by atoms with Gasteiger partial charge in [-0.2, -0.15) is 5.10 Å². The molecule has 208 valence electrons. The minimum Gasteiger partial charge on any atom is -0.496 e. The molecule has 0 saturated carbocycles. The Morgan fingerprint density at radius 1 is 0.878 bits per heavy atom. The molecule has 3 aromatic carbocycles. The molecule has 0 unspecified atom stereocenters. The first-order valence-electron chi connectivity index (χ1n) is 13.9. The van der Waals surface area contributed by atoms with Gasteiger partial charge in [0.15, 0.2) is 5.65 Å². The second-order valence-corrected chi connectivity index (χ2v) is 9.97. The third kappa shape index (κ3) is 4.97. The lowest BCUT2D eigenvalue weighted by Gasteiger charge is -2.36. The molecule has 1 fully saturated rings. The molecule has 3 heterocycles. The van der Waals surface area contributed by atoms with E-state index in [2.05, 4.69) is 11.0 Å². The van der Waals surface area contributed by atoms with Crippen LogP contribution in [0.3, 0.4) is 0 Å². The van der Waals surface area contributed by atoms with Gasteiger partial charge in [-0.25, -0.2) is 9.50 Å². The molecule has 1 aliphatic heterocycles. The Balaban J connectivity index is 1.39. The number of carbonyl (C=O) groups is 1. The molecule has 0 atom stereocenters. The lowest BCUT2D eigenvalue weighted by molar-refractivity contribution is 0.0741. The van der Waals surface area contributed by atoms with E-state index in [1.165, 1.54) is 0 Å². The lowest BCUT2D eigenvalue weighted by Crippen LogP contribution is -2.49. The highest BCUT2D eigenvalue weighted by molar-refractivity contribution is 5.95. The zero-order valence-electron chi connectivity index (χ0n) is 23.6. The number of piperazine rings is 1. The van der Waals surface area contributed by atoms with Crippen molar-refractivity contribution in [1.82, 2.24) is 19.5 Å². The molecule has 0 aliphatic carbocycles. The Morgan fingerprint density at radius 2 is 1.56 bits per heavy atom. The van der Waals surface area contributed by atoms with Gasteiger partial charge in [-0.05, 0) is 49.7 Å². The summed E-state index contributed by atoms with van der Waals surface area (Å²) in [6, 6.07) is 27.8. The molecule has 41 heavy (non-hydrogen) atoms. The number of aromatic nitrogens is 3. The van der Waals surface area contributed by atoms with Crippen LogP contribution in [-0.2, 0) is 0 Å². The van der Waals surface area contributed by atoms with E-state index in [0.717, 1.165) is 39.5 Å². The van der Waals surface area contributed by atoms with Crippen LogP contribution in [0.2, 0.25) is 0 Å². The van der Waals surface area contributed by atoms with Crippen LogP contribution in [0.15, 0.2) is 84.9 Å². The van der Waals surface area contributed by atoms with Crippen molar-refractivity contribution in [2.75, 3.05) is 44.8 Å². The third-order valence-electron chi connectivity index (χ3n) is 7.50. The fraction of sp³-hybridized carbons (Fsp3) is 0.242. The number of hydrogen-bond acceptors (Lipinski definition) is 6. The number of para-hydroxylation sites is 3. The van der Waals surface area contributed by atoms with E-state index in [4.69, 9.17) is 19.6 Å². The quantitative estimate of drug-likeness (QED) is 0.259. The predicted octanol–water partition coefficient (Wildman–Crippen LogP) is 5.74. The van der Waals surface area contributed by atoms with E-state index < -0.39 is 0 Å². The minimum absolute atomic E-state index is 0.0979. The summed E-state index contributed by atoms with van der Waals surface area (Å²) in [6.45, 7) is 7.15. The van der Waals surface area contributed by atoms with Crippen molar-refractivity contribution in [3.63, 3.8) is 0 Å². The fourth-order valence-electron chi connectivity index (χ4n) is 5.53. The summed E-state index contributed by atoms with van der Waals surface area (Å²) in [5, 5.41) is 4.88. The molecule has 1 aliphatic rings. The number of aryl methyl sites for hydroxylation is 1. The van der Waals surface area contributed by atoms with Crippen molar-refractivity contribution >= 4 is 17.2 Å². The van der Waals surface area contributed by atoms with Crippen molar-refractivity contribution in [1.29, 1.82) is 0 Å². The lowest BCUT2D eigenvalue weighted by atomic mass is 10.1. The smallest absolute Gasteiger partial charge is 0.272 e. The molecule has 1 saturated heterocycles. The van der Waals surface area contributed by atoms with Crippen LogP contribution < -0.4 is 14.4 Å². The number of rotatable bonds is 7. The number of hydrogen-bond donors (Lipinski definition) is 0. The van der Waals surface area contributed by atoms with Gasteiger partial charge >= 0.3 is 0 Å². The van der Waals surface area contributed by atoms with Crippen LogP contribution in [0.5, 0.6) is 11.5 Å². The summed E-state index contributed by atoms with van der Waals surface area (Å²) >= 11 is 0. The summed E-state index contributed by atoms with van der Waals surface area (Å²) in [5.74, 6) is 1.47. The normalized spacial score (nSPS) is 13.4. The van der Waals surface area contributed by atoms with E-state index in [1.54, 1.807) is 7.11 Å². The molecule has 0 spiro atoms. The van der Waals surface area contributed by atoms with Gasteiger partial charge in [0, 0.05) is 37.3 Å². The van der Waals surface area contributed by atoms with Gasteiger partial charge in [0.2, 0.25) is 0 Å². The zero-order chi connectivity index (χ0) is 28.3. The van der Waals surface area contributed by atoms with Crippen LogP contribution in [0, 0.1) is 6.92 Å². The fourth-order valence-corrected chi connectivity index (χ4v) is 5.53. The molecule has 8 nitrogen and oxygen atoms in total. The number of benzene rings is 3. The maximum Gasteiger partial charge on any atom is 0.272 e. The Morgan fingerprint density at radius 3 is 2.29 bits per heavy atom. The summed E-state index contributed by atoms with van der Waals surface area (Å²) in [5.41, 5.74) is 6.44. The first-order valence-corrected chi connectivity index (χ1v) is 13.9. The summed E-state index contributed by atoms with van der Waals surface area (Å²) < 4.78 is 13.4. The molecular formula is C33H33N5O3. The van der Waals surface area contributed by atoms with E-state index in [-0.39, 0.29) is 5.91 Å². The Labute approximate surface area is 239 Å². The number of nitrogens with zero attached hydrogens (tertiary/aromatic N) is 5. The van der Waals surface area contributed by atoms with Gasteiger partial charge in [-0.1, -0.05) is 54.6 Å². The molecule has 0 bridgehead atoms. The molecule has 8 heteroatoms. The largest absolute Gasteiger partial charge is 0.496 e. The van der Waals surface area contributed by atoms with Gasteiger partial charge < -0.3 is 19.3 Å². The van der Waals surface area contributed by atoms with Crippen LogP contribution in [0.1, 0.15) is 23.1 Å². The SMILES string of the molecule is CCOc1ccccc1N1CCN(C(=O)c2cc(-c3ccccc3OC)n3nc(C)c(-c4ccccc4)c3n2)CC1. The molecule has 5 aromatic rings. The highest BCUT2D eigenvalue weighted by Gasteiger charge is 2.27. The maximum atomic E-state index is 14.0. The first-order chi connectivity index (χ1) is 20.1. The van der Waals surface area contributed by atoms with E-state index in [1.807, 2.05) is 102 Å². The van der Waals surface area contributed by atoms with E-state index in [0.29, 0.717) is 49.9 Å². The van der Waals surface area contributed by atoms with E-state index in [9.17, 15) is 4.79 Å². The highest BCUT2D eigenvalue weighted by Crippen LogP contribution is 2.35. The van der Waals surface area contributed by atoms with E-state index >= 15 is 0 Å². The minimum atomic E-state index is -0.0979. The topological polar surface area (TPSA) is 72.2 Å². The predicted molar refractivity (Wildman–Crippen MR) is 161 cm³/mol. The monoisotopic (exact) mass is 547 g/mol. The number of methoxy groups -OCH3 is 1. The van der Waals surface area contributed by atoms with Crippen molar-refractivity contribution in [3.8, 4) is 33.9 Å². The second-order valence-electron chi connectivity index (χ2n) is 9.97. The molecule has 0 N–H and O–H groups in total. The maximum absolute atomic E-state index is 14.0. The third-order valence-corrected chi connectivity index (χ3v) is 7.50. The average Bonchev–Trinajstić information content (AvgIpc) is 3.36. The summed E-state index contributed by atoms with van der Waals surface area (Å²) in [4.78, 5) is 23.1. The van der Waals surface area contributed by atoms with Crippen molar-refractivity contribution in [2.45, 2.75) is 13.8 Å².